The van der Waals surface area contributed by atoms with Gasteiger partial charge in [0.2, 0.25) is 0 Å². The largest absolute Gasteiger partial charge is 0.302 e. The summed E-state index contributed by atoms with van der Waals surface area (Å²) in [5.74, 6) is 0.783. The lowest BCUT2D eigenvalue weighted by atomic mass is 10.0. The van der Waals surface area contributed by atoms with Gasteiger partial charge in [-0.3, -0.25) is 0 Å². The zero-order valence-corrected chi connectivity index (χ0v) is 13.6. The number of nitrogens with one attached hydrogen (secondary N) is 1. The van der Waals surface area contributed by atoms with Crippen molar-refractivity contribution in [3.8, 4) is 0 Å². The number of thiophene rings is 2. The Bertz CT molecular complexity index is 411. The lowest BCUT2D eigenvalue weighted by Crippen LogP contribution is -2.30. The van der Waals surface area contributed by atoms with Crippen molar-refractivity contribution < 1.29 is 0 Å². The van der Waals surface area contributed by atoms with Crippen LogP contribution in [0.1, 0.15) is 49.4 Å². The van der Waals surface area contributed by atoms with Gasteiger partial charge in [0, 0.05) is 15.8 Å². The quantitative estimate of drug-likeness (QED) is 0.729. The predicted molar refractivity (Wildman–Crippen MR) is 87.2 cm³/mol. The molecule has 0 aromatic carbocycles. The van der Waals surface area contributed by atoms with Gasteiger partial charge in [-0.15, -0.1) is 22.7 Å². The first-order chi connectivity index (χ1) is 9.16. The summed E-state index contributed by atoms with van der Waals surface area (Å²) >= 11 is 3.68. The number of hydrogen-bond donors (Lipinski definition) is 1. The van der Waals surface area contributed by atoms with Crippen molar-refractivity contribution in [1.29, 1.82) is 0 Å². The molecule has 0 amide bonds. The lowest BCUT2D eigenvalue weighted by Gasteiger charge is -2.22. The summed E-state index contributed by atoms with van der Waals surface area (Å²) in [6.07, 6.45) is 2.53. The van der Waals surface area contributed by atoms with E-state index in [4.69, 9.17) is 0 Å². The molecule has 2 aromatic rings. The van der Waals surface area contributed by atoms with Crippen LogP contribution in [0.25, 0.3) is 0 Å². The second-order valence-corrected chi connectivity index (χ2v) is 7.46. The van der Waals surface area contributed by atoms with Gasteiger partial charge in [0.15, 0.2) is 0 Å². The molecule has 1 nitrogen and oxygen atoms in total. The molecule has 0 aliphatic carbocycles. The SMILES string of the molecule is CC(C)CCC(C)NC(c1cccs1)c1cccs1. The molecule has 104 valence electrons. The van der Waals surface area contributed by atoms with Gasteiger partial charge in [-0.05, 0) is 48.6 Å². The van der Waals surface area contributed by atoms with Crippen LogP contribution in [0.3, 0.4) is 0 Å². The van der Waals surface area contributed by atoms with Gasteiger partial charge in [0.25, 0.3) is 0 Å². The highest BCUT2D eigenvalue weighted by Gasteiger charge is 2.18. The smallest absolute Gasteiger partial charge is 0.0766 e. The maximum Gasteiger partial charge on any atom is 0.0766 e. The van der Waals surface area contributed by atoms with Crippen LogP contribution in [0, 0.1) is 5.92 Å². The van der Waals surface area contributed by atoms with Crippen molar-refractivity contribution in [3.63, 3.8) is 0 Å². The van der Waals surface area contributed by atoms with Crippen molar-refractivity contribution in [2.75, 3.05) is 0 Å². The molecule has 1 N–H and O–H groups in total. The normalized spacial score (nSPS) is 13.3. The first-order valence-electron chi connectivity index (χ1n) is 6.99. The van der Waals surface area contributed by atoms with Crippen molar-refractivity contribution in [1.82, 2.24) is 5.32 Å². The van der Waals surface area contributed by atoms with Crippen LogP contribution in [-0.4, -0.2) is 6.04 Å². The first-order valence-corrected chi connectivity index (χ1v) is 8.75. The maximum atomic E-state index is 3.80. The van der Waals surface area contributed by atoms with Gasteiger partial charge >= 0.3 is 0 Å². The Hall–Kier alpha value is -0.640. The Morgan fingerprint density at radius 3 is 1.95 bits per heavy atom. The van der Waals surface area contributed by atoms with E-state index >= 15 is 0 Å². The van der Waals surface area contributed by atoms with Crippen LogP contribution in [0.2, 0.25) is 0 Å². The van der Waals surface area contributed by atoms with Crippen LogP contribution in [0.5, 0.6) is 0 Å². The molecule has 0 radical (unpaired) electrons. The van der Waals surface area contributed by atoms with Crippen LogP contribution >= 0.6 is 22.7 Å². The number of rotatable bonds is 7. The van der Waals surface area contributed by atoms with Gasteiger partial charge in [-0.1, -0.05) is 26.0 Å². The van der Waals surface area contributed by atoms with E-state index < -0.39 is 0 Å². The van der Waals surface area contributed by atoms with Crippen molar-refractivity contribution in [2.24, 2.45) is 5.92 Å². The third-order valence-electron chi connectivity index (χ3n) is 3.28. The van der Waals surface area contributed by atoms with E-state index in [-0.39, 0.29) is 0 Å². The van der Waals surface area contributed by atoms with Crippen LogP contribution in [-0.2, 0) is 0 Å². The van der Waals surface area contributed by atoms with E-state index in [1.807, 2.05) is 22.7 Å². The monoisotopic (exact) mass is 293 g/mol. The van der Waals surface area contributed by atoms with E-state index in [1.165, 1.54) is 22.6 Å². The minimum absolute atomic E-state index is 0.363. The molecular weight excluding hydrogens is 270 g/mol. The van der Waals surface area contributed by atoms with Crippen molar-refractivity contribution in [3.05, 3.63) is 44.8 Å². The van der Waals surface area contributed by atoms with Crippen LogP contribution < -0.4 is 5.32 Å². The summed E-state index contributed by atoms with van der Waals surface area (Å²) < 4.78 is 0. The van der Waals surface area contributed by atoms with Gasteiger partial charge in [-0.2, -0.15) is 0 Å². The van der Waals surface area contributed by atoms with E-state index in [9.17, 15) is 0 Å². The van der Waals surface area contributed by atoms with E-state index in [2.05, 4.69) is 61.1 Å². The van der Waals surface area contributed by atoms with E-state index in [1.54, 1.807) is 0 Å². The second kappa shape index (κ2) is 7.22. The summed E-state index contributed by atoms with van der Waals surface area (Å²) in [6, 6.07) is 9.66. The molecule has 0 spiro atoms. The standard InChI is InChI=1S/C16H23NS2/c1-12(2)8-9-13(3)17-16(14-6-4-10-18-14)15-7-5-11-19-15/h4-7,10-13,16-17H,8-9H2,1-3H3. The van der Waals surface area contributed by atoms with Gasteiger partial charge in [0.1, 0.15) is 0 Å². The Morgan fingerprint density at radius 1 is 0.947 bits per heavy atom. The number of hydrogen-bond acceptors (Lipinski definition) is 3. The average molecular weight is 294 g/mol. The van der Waals surface area contributed by atoms with E-state index in [0.717, 1.165) is 5.92 Å². The van der Waals surface area contributed by atoms with Crippen LogP contribution in [0.4, 0.5) is 0 Å². The Morgan fingerprint density at radius 2 is 1.53 bits per heavy atom. The summed E-state index contributed by atoms with van der Waals surface area (Å²) in [5.41, 5.74) is 0. The molecule has 0 saturated carbocycles. The zero-order valence-electron chi connectivity index (χ0n) is 11.9. The average Bonchev–Trinajstić information content (AvgIpc) is 3.05. The molecule has 19 heavy (non-hydrogen) atoms. The van der Waals surface area contributed by atoms with Crippen molar-refractivity contribution >= 4 is 22.7 Å². The molecule has 1 atom stereocenters. The molecule has 0 aliphatic rings. The highest BCUT2D eigenvalue weighted by Crippen LogP contribution is 2.30. The fraction of sp³-hybridized carbons (Fsp3) is 0.500. The van der Waals surface area contributed by atoms with E-state index in [0.29, 0.717) is 12.1 Å². The molecule has 2 heterocycles. The summed E-state index contributed by atoms with van der Waals surface area (Å²) in [4.78, 5) is 2.83. The van der Waals surface area contributed by atoms with Gasteiger partial charge in [-0.25, -0.2) is 0 Å². The summed E-state index contributed by atoms with van der Waals surface area (Å²) in [5, 5.41) is 8.12. The molecule has 0 aliphatic heterocycles. The predicted octanol–water partition coefficient (Wildman–Crippen LogP) is 5.31. The topological polar surface area (TPSA) is 12.0 Å². The summed E-state index contributed by atoms with van der Waals surface area (Å²) in [7, 11) is 0. The van der Waals surface area contributed by atoms with Gasteiger partial charge in [0.05, 0.1) is 6.04 Å². The highest BCUT2D eigenvalue weighted by molar-refractivity contribution is 7.11. The second-order valence-electron chi connectivity index (χ2n) is 5.50. The third kappa shape index (κ3) is 4.44. The molecule has 0 bridgehead atoms. The Labute approximate surface area is 124 Å². The third-order valence-corrected chi connectivity index (χ3v) is 5.16. The van der Waals surface area contributed by atoms with Crippen molar-refractivity contribution in [2.45, 2.75) is 45.7 Å². The fourth-order valence-corrected chi connectivity index (χ4v) is 3.85. The van der Waals surface area contributed by atoms with Gasteiger partial charge < -0.3 is 5.32 Å². The lowest BCUT2D eigenvalue weighted by molar-refractivity contribution is 0.431. The highest BCUT2D eigenvalue weighted by atomic mass is 32.1. The molecule has 2 aromatic heterocycles. The zero-order chi connectivity index (χ0) is 13.7. The fourth-order valence-electron chi connectivity index (χ4n) is 2.17. The Kier molecular flexibility index (Phi) is 5.61. The molecule has 3 heteroatoms. The molecule has 2 rings (SSSR count). The maximum absolute atomic E-state index is 3.80. The Balaban J connectivity index is 2.03. The molecular formula is C16H23NS2. The molecule has 0 saturated heterocycles. The minimum atomic E-state index is 0.363. The van der Waals surface area contributed by atoms with Crippen LogP contribution in [0.15, 0.2) is 35.0 Å². The first kappa shape index (κ1) is 14.8. The summed E-state index contributed by atoms with van der Waals surface area (Å²) in [6.45, 7) is 6.89. The molecule has 1 unspecified atom stereocenters. The minimum Gasteiger partial charge on any atom is -0.302 e. The molecule has 0 fully saturated rings.